The second-order valence-electron chi connectivity index (χ2n) is 16.3. The Morgan fingerprint density at radius 3 is 2.67 bits per heavy atom. The van der Waals surface area contributed by atoms with Gasteiger partial charge in [0.15, 0.2) is 6.35 Å². The first-order valence-corrected chi connectivity index (χ1v) is 19.4. The Kier molecular flexibility index (Phi) is 10.6. The lowest BCUT2D eigenvalue weighted by molar-refractivity contribution is -0.218. The molecule has 1 amide bonds. The van der Waals surface area contributed by atoms with Gasteiger partial charge < -0.3 is 14.5 Å². The van der Waals surface area contributed by atoms with Crippen LogP contribution >= 0.6 is 0 Å². The summed E-state index contributed by atoms with van der Waals surface area (Å²) in [5, 5.41) is 14.1. The molecule has 6 aliphatic rings. The normalized spacial score (nSPS) is 35.5. The van der Waals surface area contributed by atoms with Crippen LogP contribution in [0.15, 0.2) is 30.9 Å². The van der Waals surface area contributed by atoms with Crippen LogP contribution in [0.5, 0.6) is 0 Å². The fourth-order valence-corrected chi connectivity index (χ4v) is 10.9. The third-order valence-electron chi connectivity index (χ3n) is 13.5. The van der Waals surface area contributed by atoms with E-state index in [1.807, 2.05) is 4.90 Å². The highest BCUT2D eigenvalue weighted by atomic mass is 16.5. The van der Waals surface area contributed by atoms with Crippen molar-refractivity contribution in [2.45, 2.75) is 140 Å². The number of likely N-dealkylation sites (N-methyl/N-ethyl adjacent to an activating group) is 1. The lowest BCUT2D eigenvalue weighted by atomic mass is 9.59. The molecule has 1 spiro atoms. The van der Waals surface area contributed by atoms with Gasteiger partial charge in [0.05, 0.1) is 31.3 Å². The molecule has 8 heteroatoms. The van der Waals surface area contributed by atoms with Crippen LogP contribution in [0.1, 0.15) is 100 Å². The fraction of sp³-hybridized carbons (Fsp3) is 0.750. The van der Waals surface area contributed by atoms with Crippen molar-refractivity contribution in [3.05, 3.63) is 47.5 Å². The van der Waals surface area contributed by atoms with Crippen molar-refractivity contribution in [3.63, 3.8) is 0 Å². The zero-order valence-electron chi connectivity index (χ0n) is 29.8. The van der Waals surface area contributed by atoms with Crippen LogP contribution in [0, 0.1) is 29.6 Å². The summed E-state index contributed by atoms with van der Waals surface area (Å²) in [6.45, 7) is 10.2. The molecule has 48 heavy (non-hydrogen) atoms. The van der Waals surface area contributed by atoms with E-state index in [1.165, 1.54) is 102 Å². The van der Waals surface area contributed by atoms with E-state index in [9.17, 15) is 10.1 Å². The van der Waals surface area contributed by atoms with Crippen LogP contribution in [-0.2, 0) is 22.4 Å². The summed E-state index contributed by atoms with van der Waals surface area (Å²) in [5.74, 6) is 0.434. The van der Waals surface area contributed by atoms with Crippen molar-refractivity contribution < 1.29 is 9.53 Å². The molecule has 8 nitrogen and oxygen atoms in total. The Morgan fingerprint density at radius 2 is 1.92 bits per heavy atom. The molecule has 1 aromatic carbocycles. The third kappa shape index (κ3) is 6.88. The average Bonchev–Trinajstić information content (AvgIpc) is 3.32. The van der Waals surface area contributed by atoms with Gasteiger partial charge in [-0.3, -0.25) is 15.0 Å². The first-order valence-electron chi connectivity index (χ1n) is 19.4. The number of hydrogen-bond donors (Lipinski definition) is 1. The lowest BCUT2D eigenvalue weighted by Gasteiger charge is -2.61. The molecule has 2 saturated carbocycles. The SMILES string of the molecule is C=CC(=O)N1CCN(C2C3CC[C@@]4(CCc5c(C)cccc5C4)CC3NC(OCC3CCCN3C)N2C2CCCCCC2)CC1CC#N. The summed E-state index contributed by atoms with van der Waals surface area (Å²) in [7, 11) is 2.25. The van der Waals surface area contributed by atoms with Crippen LogP contribution in [0.2, 0.25) is 0 Å². The highest BCUT2D eigenvalue weighted by molar-refractivity contribution is 5.87. The number of amides is 1. The molecule has 3 aliphatic heterocycles. The smallest absolute Gasteiger partial charge is 0.246 e. The second-order valence-corrected chi connectivity index (χ2v) is 16.3. The average molecular weight is 657 g/mol. The first kappa shape index (κ1) is 34.2. The van der Waals surface area contributed by atoms with Crippen LogP contribution < -0.4 is 5.32 Å². The Bertz CT molecular complexity index is 1340. The van der Waals surface area contributed by atoms with Crippen LogP contribution in [0.4, 0.5) is 0 Å². The highest BCUT2D eigenvalue weighted by Crippen LogP contribution is 2.51. The summed E-state index contributed by atoms with van der Waals surface area (Å²) in [6, 6.07) is 10.6. The van der Waals surface area contributed by atoms with E-state index in [0.29, 0.717) is 42.4 Å². The van der Waals surface area contributed by atoms with Crippen molar-refractivity contribution in [1.29, 1.82) is 5.26 Å². The Balaban J connectivity index is 1.21. The molecule has 3 saturated heterocycles. The molecule has 0 bridgehead atoms. The lowest BCUT2D eigenvalue weighted by Crippen LogP contribution is -2.75. The minimum Gasteiger partial charge on any atom is -0.348 e. The number of piperazine rings is 1. The monoisotopic (exact) mass is 656 g/mol. The summed E-state index contributed by atoms with van der Waals surface area (Å²) in [6.07, 6.45) is 19.3. The second kappa shape index (κ2) is 14.9. The summed E-state index contributed by atoms with van der Waals surface area (Å²) in [5.41, 5.74) is 4.96. The van der Waals surface area contributed by atoms with E-state index in [0.717, 1.165) is 26.2 Å². The van der Waals surface area contributed by atoms with E-state index in [4.69, 9.17) is 4.74 Å². The molecular formula is C40H60N6O2. The molecule has 262 valence electrons. The molecule has 0 radical (unpaired) electrons. The largest absolute Gasteiger partial charge is 0.348 e. The third-order valence-corrected chi connectivity index (χ3v) is 13.5. The molecule has 3 aliphatic carbocycles. The molecular weight excluding hydrogens is 596 g/mol. The quantitative estimate of drug-likeness (QED) is 0.303. The fourth-order valence-electron chi connectivity index (χ4n) is 10.9. The van der Waals surface area contributed by atoms with E-state index < -0.39 is 0 Å². The molecule has 0 aromatic heterocycles. The number of nitrogens with one attached hydrogen (secondary N) is 1. The van der Waals surface area contributed by atoms with Gasteiger partial charge in [0.2, 0.25) is 5.91 Å². The number of nitrogens with zero attached hydrogens (tertiary/aromatic N) is 5. The van der Waals surface area contributed by atoms with Crippen molar-refractivity contribution in [2.75, 3.05) is 39.8 Å². The number of carbonyl (C=O) groups excluding carboxylic acids is 1. The van der Waals surface area contributed by atoms with E-state index >= 15 is 0 Å². The predicted octanol–water partition coefficient (Wildman–Crippen LogP) is 5.60. The number of ether oxygens (including phenoxy) is 1. The van der Waals surface area contributed by atoms with Gasteiger partial charge in [-0.1, -0.05) is 50.5 Å². The zero-order valence-corrected chi connectivity index (χ0v) is 29.8. The van der Waals surface area contributed by atoms with Gasteiger partial charge in [0.1, 0.15) is 0 Å². The van der Waals surface area contributed by atoms with Crippen LogP contribution in [-0.4, -0.2) is 102 Å². The van der Waals surface area contributed by atoms with Crippen molar-refractivity contribution in [1.82, 2.24) is 24.9 Å². The van der Waals surface area contributed by atoms with E-state index in [2.05, 4.69) is 64.8 Å². The van der Waals surface area contributed by atoms with Gasteiger partial charge in [0, 0.05) is 43.7 Å². The summed E-state index contributed by atoms with van der Waals surface area (Å²) in [4.78, 5) is 22.8. The number of carbonyl (C=O) groups is 1. The van der Waals surface area contributed by atoms with Gasteiger partial charge in [0.25, 0.3) is 0 Å². The Labute approximate surface area is 289 Å². The number of fused-ring (bicyclic) bond motifs is 2. The van der Waals surface area contributed by atoms with Crippen molar-refractivity contribution >= 4 is 5.91 Å². The number of hydrogen-bond acceptors (Lipinski definition) is 7. The summed E-state index contributed by atoms with van der Waals surface area (Å²) >= 11 is 0. The zero-order chi connectivity index (χ0) is 33.3. The maximum Gasteiger partial charge on any atom is 0.246 e. The predicted molar refractivity (Wildman–Crippen MR) is 190 cm³/mol. The number of nitriles is 1. The molecule has 7 atom stereocenters. The van der Waals surface area contributed by atoms with Gasteiger partial charge in [-0.05, 0) is 113 Å². The number of rotatable bonds is 7. The standard InChI is InChI=1S/C40H60N6O2/c1-4-37(47)45-24-23-44(27-32(45)18-21-41)38-35-17-20-40(19-16-34-29(2)11-9-12-30(34)25-40)26-36(35)42-39(48-28-33-15-10-22-43(33)3)46(38)31-13-7-5-6-8-14-31/h4,9,11-12,31-33,35-36,38-39,42H,1,5-8,10,13-20,22-28H2,2-3H3/t32?,33?,35?,36?,38?,39?,40-/m1/s1. The van der Waals surface area contributed by atoms with Crippen molar-refractivity contribution in [2.24, 2.45) is 11.3 Å². The minimum atomic E-state index is -0.121. The highest BCUT2D eigenvalue weighted by Gasteiger charge is 2.54. The number of benzene rings is 1. The molecule has 5 fully saturated rings. The molecule has 1 aromatic rings. The van der Waals surface area contributed by atoms with Gasteiger partial charge in [-0.15, -0.1) is 0 Å². The Hall–Kier alpha value is -2.28. The maximum absolute atomic E-state index is 12.9. The van der Waals surface area contributed by atoms with Crippen LogP contribution in [0.25, 0.3) is 0 Å². The Morgan fingerprint density at radius 1 is 1.08 bits per heavy atom. The number of aryl methyl sites for hydroxylation is 1. The minimum absolute atomic E-state index is 0.0481. The molecule has 6 unspecified atom stereocenters. The molecule has 3 heterocycles. The molecule has 1 N–H and O–H groups in total. The topological polar surface area (TPSA) is 75.1 Å². The van der Waals surface area contributed by atoms with Crippen molar-refractivity contribution in [3.8, 4) is 6.07 Å². The first-order chi connectivity index (χ1) is 23.4. The van der Waals surface area contributed by atoms with Gasteiger partial charge >= 0.3 is 0 Å². The van der Waals surface area contributed by atoms with E-state index in [1.54, 1.807) is 11.1 Å². The van der Waals surface area contributed by atoms with E-state index in [-0.39, 0.29) is 24.5 Å². The van der Waals surface area contributed by atoms with Crippen LogP contribution in [0.3, 0.4) is 0 Å². The molecule has 7 rings (SSSR count). The summed E-state index contributed by atoms with van der Waals surface area (Å²) < 4.78 is 7.13. The van der Waals surface area contributed by atoms with Gasteiger partial charge in [-0.2, -0.15) is 5.26 Å². The number of likely N-dealkylation sites (tertiary alicyclic amines) is 1. The maximum atomic E-state index is 12.9. The van der Waals surface area contributed by atoms with Gasteiger partial charge in [-0.25, -0.2) is 4.90 Å².